The Kier molecular flexibility index (Phi) is 5.99. The lowest BCUT2D eigenvalue weighted by Gasteiger charge is -2.14. The summed E-state index contributed by atoms with van der Waals surface area (Å²) in [5.74, 6) is -0.599. The number of aryl methyl sites for hydroxylation is 2. The molecule has 4 aromatic rings. The first-order valence-corrected chi connectivity index (χ1v) is 11.9. The van der Waals surface area contributed by atoms with Gasteiger partial charge in [0.25, 0.3) is 0 Å². The third kappa shape index (κ3) is 4.24. The Bertz CT molecular complexity index is 1480. The minimum atomic E-state index is -4.20. The van der Waals surface area contributed by atoms with E-state index in [0.717, 1.165) is 17.2 Å². The number of hydrogen-bond donors (Lipinski definition) is 0. The maximum Gasteiger partial charge on any atom is 0.208 e. The number of aromatic nitrogens is 1. The first-order valence-electron chi connectivity index (χ1n) is 10.4. The molecule has 33 heavy (non-hydrogen) atoms. The standard InChI is InChI=1S/C26H22FNO4S/c1-4-32-20-8-10-21(11-9-20)33(30,31)26-22-14-19(27)7-12-24(22)28-15-23(26)25(29)18-6-5-16(2)17(3)13-18/h5-15H,4H2,1-3H3. The zero-order chi connectivity index (χ0) is 23.8. The first-order chi connectivity index (χ1) is 15.7. The number of carbonyl (C=O) groups is 1. The Morgan fingerprint density at radius 3 is 2.36 bits per heavy atom. The van der Waals surface area contributed by atoms with Crippen molar-refractivity contribution in [1.29, 1.82) is 0 Å². The van der Waals surface area contributed by atoms with Crippen molar-refractivity contribution in [2.24, 2.45) is 0 Å². The molecule has 5 nitrogen and oxygen atoms in total. The Morgan fingerprint density at radius 1 is 0.970 bits per heavy atom. The molecular formula is C26H22FNO4S. The number of nitrogens with zero attached hydrogens (tertiary/aromatic N) is 1. The van der Waals surface area contributed by atoms with Crippen molar-refractivity contribution in [3.05, 3.63) is 94.9 Å². The van der Waals surface area contributed by atoms with Crippen molar-refractivity contribution in [1.82, 2.24) is 4.98 Å². The number of sulfone groups is 1. The molecule has 0 aliphatic carbocycles. The van der Waals surface area contributed by atoms with E-state index in [-0.39, 0.29) is 26.3 Å². The van der Waals surface area contributed by atoms with Crippen LogP contribution < -0.4 is 4.74 Å². The van der Waals surface area contributed by atoms with Gasteiger partial charge in [-0.15, -0.1) is 0 Å². The van der Waals surface area contributed by atoms with E-state index in [1.807, 2.05) is 20.8 Å². The van der Waals surface area contributed by atoms with Gasteiger partial charge in [0.1, 0.15) is 11.6 Å². The van der Waals surface area contributed by atoms with Crippen LogP contribution >= 0.6 is 0 Å². The summed E-state index contributed by atoms with van der Waals surface area (Å²) in [5, 5.41) is 0.0542. The van der Waals surface area contributed by atoms with E-state index in [9.17, 15) is 17.6 Å². The molecule has 1 heterocycles. The van der Waals surface area contributed by atoms with Gasteiger partial charge in [0.05, 0.1) is 27.5 Å². The van der Waals surface area contributed by atoms with Gasteiger partial charge in [-0.05, 0) is 80.4 Å². The van der Waals surface area contributed by atoms with Crippen LogP contribution in [0.3, 0.4) is 0 Å². The highest BCUT2D eigenvalue weighted by atomic mass is 32.2. The summed E-state index contributed by atoms with van der Waals surface area (Å²) in [6.07, 6.45) is 1.25. The van der Waals surface area contributed by atoms with Crippen molar-refractivity contribution < 1.29 is 22.3 Å². The molecule has 0 aliphatic rings. The number of hydrogen-bond acceptors (Lipinski definition) is 5. The lowest BCUT2D eigenvalue weighted by atomic mass is 9.99. The van der Waals surface area contributed by atoms with Crippen LogP contribution in [0.1, 0.15) is 34.0 Å². The molecule has 0 saturated heterocycles. The normalized spacial score (nSPS) is 11.5. The van der Waals surface area contributed by atoms with Crippen LogP contribution in [-0.4, -0.2) is 25.8 Å². The molecular weight excluding hydrogens is 441 g/mol. The molecule has 0 aliphatic heterocycles. The molecule has 4 rings (SSSR count). The fourth-order valence-electron chi connectivity index (χ4n) is 3.63. The average molecular weight is 464 g/mol. The maximum atomic E-state index is 14.2. The van der Waals surface area contributed by atoms with Gasteiger partial charge in [-0.1, -0.05) is 12.1 Å². The van der Waals surface area contributed by atoms with Gasteiger partial charge in [0, 0.05) is 17.1 Å². The summed E-state index contributed by atoms with van der Waals surface area (Å²) >= 11 is 0. The highest BCUT2D eigenvalue weighted by molar-refractivity contribution is 7.91. The van der Waals surface area contributed by atoms with E-state index in [0.29, 0.717) is 17.9 Å². The zero-order valence-corrected chi connectivity index (χ0v) is 19.2. The van der Waals surface area contributed by atoms with Gasteiger partial charge in [-0.25, -0.2) is 12.8 Å². The second kappa shape index (κ2) is 8.75. The smallest absolute Gasteiger partial charge is 0.208 e. The van der Waals surface area contributed by atoms with Crippen molar-refractivity contribution in [2.75, 3.05) is 6.61 Å². The maximum absolute atomic E-state index is 14.2. The summed E-state index contributed by atoms with van der Waals surface area (Å²) < 4.78 is 47.1. The number of fused-ring (bicyclic) bond motifs is 1. The molecule has 0 saturated carbocycles. The quantitative estimate of drug-likeness (QED) is 0.355. The lowest BCUT2D eigenvalue weighted by Crippen LogP contribution is -2.13. The molecule has 0 N–H and O–H groups in total. The summed E-state index contributed by atoms with van der Waals surface area (Å²) in [5.41, 5.74) is 2.41. The van der Waals surface area contributed by atoms with Gasteiger partial charge in [0.15, 0.2) is 5.78 Å². The summed E-state index contributed by atoms with van der Waals surface area (Å²) in [6, 6.07) is 14.8. The largest absolute Gasteiger partial charge is 0.494 e. The van der Waals surface area contributed by atoms with E-state index in [4.69, 9.17) is 4.74 Å². The highest BCUT2D eigenvalue weighted by Gasteiger charge is 2.29. The van der Waals surface area contributed by atoms with E-state index in [1.54, 1.807) is 30.3 Å². The van der Waals surface area contributed by atoms with Crippen LogP contribution in [0.5, 0.6) is 5.75 Å². The van der Waals surface area contributed by atoms with Gasteiger partial charge in [-0.2, -0.15) is 0 Å². The van der Waals surface area contributed by atoms with Crippen LogP contribution in [-0.2, 0) is 9.84 Å². The number of rotatable bonds is 6. The number of halogens is 1. The molecule has 0 bridgehead atoms. The van der Waals surface area contributed by atoms with Gasteiger partial charge in [0.2, 0.25) is 9.84 Å². The SMILES string of the molecule is CCOc1ccc(S(=O)(=O)c2c(C(=O)c3ccc(C)c(C)c3)cnc3ccc(F)cc23)cc1. The fourth-order valence-corrected chi connectivity index (χ4v) is 5.25. The van der Waals surface area contributed by atoms with Crippen LogP contribution in [0.25, 0.3) is 10.9 Å². The van der Waals surface area contributed by atoms with Crippen molar-refractivity contribution in [2.45, 2.75) is 30.6 Å². The number of benzene rings is 3. The molecule has 1 aromatic heterocycles. The second-order valence-electron chi connectivity index (χ2n) is 7.70. The van der Waals surface area contributed by atoms with E-state index >= 15 is 0 Å². The Hall–Kier alpha value is -3.58. The van der Waals surface area contributed by atoms with Gasteiger partial charge in [-0.3, -0.25) is 9.78 Å². The highest BCUT2D eigenvalue weighted by Crippen LogP contribution is 2.33. The minimum absolute atomic E-state index is 0.0307. The number of ketones is 1. The lowest BCUT2D eigenvalue weighted by molar-refractivity contribution is 0.103. The Labute approximate surface area is 191 Å². The second-order valence-corrected chi connectivity index (χ2v) is 9.59. The predicted molar refractivity (Wildman–Crippen MR) is 124 cm³/mol. The third-order valence-electron chi connectivity index (χ3n) is 5.51. The molecule has 0 radical (unpaired) electrons. The third-order valence-corrected chi connectivity index (χ3v) is 7.38. The van der Waals surface area contributed by atoms with E-state index in [2.05, 4.69) is 4.98 Å². The van der Waals surface area contributed by atoms with E-state index in [1.165, 1.54) is 30.5 Å². The molecule has 0 amide bonds. The topological polar surface area (TPSA) is 73.3 Å². The zero-order valence-electron chi connectivity index (χ0n) is 18.4. The van der Waals surface area contributed by atoms with Crippen LogP contribution in [0, 0.1) is 19.7 Å². The summed E-state index contributed by atoms with van der Waals surface area (Å²) in [4.78, 5) is 17.4. The van der Waals surface area contributed by atoms with Crippen LogP contribution in [0.15, 0.2) is 76.7 Å². The van der Waals surface area contributed by atoms with Crippen molar-refractivity contribution in [3.63, 3.8) is 0 Å². The van der Waals surface area contributed by atoms with Gasteiger partial charge < -0.3 is 4.74 Å². The molecule has 0 fully saturated rings. The molecule has 0 atom stereocenters. The number of carbonyl (C=O) groups excluding carboxylic acids is 1. The number of pyridine rings is 1. The van der Waals surface area contributed by atoms with Crippen molar-refractivity contribution >= 4 is 26.5 Å². The predicted octanol–water partition coefficient (Wildman–Crippen LogP) is 5.45. The first kappa shape index (κ1) is 22.6. The molecule has 7 heteroatoms. The minimum Gasteiger partial charge on any atom is -0.494 e. The van der Waals surface area contributed by atoms with Crippen LogP contribution in [0.4, 0.5) is 4.39 Å². The summed E-state index contributed by atoms with van der Waals surface area (Å²) in [7, 11) is -4.20. The fraction of sp³-hybridized carbons (Fsp3) is 0.154. The average Bonchev–Trinajstić information content (AvgIpc) is 2.80. The molecule has 3 aromatic carbocycles. The molecule has 168 valence electrons. The van der Waals surface area contributed by atoms with Gasteiger partial charge >= 0.3 is 0 Å². The monoisotopic (exact) mass is 463 g/mol. The number of ether oxygens (including phenoxy) is 1. The summed E-state index contributed by atoms with van der Waals surface area (Å²) in [6.45, 7) is 6.06. The molecule has 0 spiro atoms. The van der Waals surface area contributed by atoms with Crippen molar-refractivity contribution in [3.8, 4) is 5.75 Å². The Morgan fingerprint density at radius 2 is 1.70 bits per heavy atom. The molecule has 0 unspecified atom stereocenters. The van der Waals surface area contributed by atoms with Crippen LogP contribution in [0.2, 0.25) is 0 Å². The van der Waals surface area contributed by atoms with E-state index < -0.39 is 21.4 Å². The Balaban J connectivity index is 1.97.